The highest BCUT2D eigenvalue weighted by Crippen LogP contribution is 2.31. The Bertz CT molecular complexity index is 803. The molecule has 1 N–H and O–H groups in total. The second-order valence-electron chi connectivity index (χ2n) is 6.01. The Morgan fingerprint density at radius 2 is 1.60 bits per heavy atom. The monoisotopic (exact) mass is 348 g/mol. The lowest BCUT2D eigenvalue weighted by atomic mass is 9.92. The van der Waals surface area contributed by atoms with Crippen LogP contribution in [-0.2, 0) is 23.1 Å². The van der Waals surface area contributed by atoms with E-state index >= 15 is 0 Å². The van der Waals surface area contributed by atoms with E-state index in [2.05, 4.69) is 5.32 Å². The van der Waals surface area contributed by atoms with Crippen LogP contribution in [-0.4, -0.2) is 16.8 Å². The van der Waals surface area contributed by atoms with Gasteiger partial charge in [-0.1, -0.05) is 42.5 Å². The van der Waals surface area contributed by atoms with Crippen molar-refractivity contribution in [2.75, 3.05) is 0 Å². The van der Waals surface area contributed by atoms with Crippen LogP contribution in [0.15, 0.2) is 54.6 Å². The van der Waals surface area contributed by atoms with Crippen molar-refractivity contribution in [2.45, 2.75) is 25.2 Å². The minimum absolute atomic E-state index is 0.0920. The van der Waals surface area contributed by atoms with E-state index in [-0.39, 0.29) is 6.54 Å². The summed E-state index contributed by atoms with van der Waals surface area (Å²) in [4.78, 5) is 26.0. The molecule has 0 radical (unpaired) electrons. The van der Waals surface area contributed by atoms with Crippen molar-refractivity contribution in [1.29, 1.82) is 0 Å². The van der Waals surface area contributed by atoms with Gasteiger partial charge in [0.15, 0.2) is 0 Å². The number of nitrogens with zero attached hydrogens (tertiary/aromatic N) is 1. The zero-order valence-corrected chi connectivity index (χ0v) is 13.3. The van der Waals surface area contributed by atoms with E-state index in [0.717, 1.165) is 17.0 Å². The number of urea groups is 1. The Morgan fingerprint density at radius 1 is 1.00 bits per heavy atom. The smallest absolute Gasteiger partial charge is 0.319 e. The Hall–Kier alpha value is -2.83. The van der Waals surface area contributed by atoms with Crippen LogP contribution >= 0.6 is 0 Å². The van der Waals surface area contributed by atoms with Crippen LogP contribution in [0.3, 0.4) is 0 Å². The summed E-state index contributed by atoms with van der Waals surface area (Å²) in [5.41, 5.74) is -0.885. The third kappa shape index (κ3) is 3.09. The maximum absolute atomic E-state index is 12.7. The fourth-order valence-electron chi connectivity index (χ4n) is 2.79. The first-order valence-electron chi connectivity index (χ1n) is 7.57. The number of halogens is 3. The first kappa shape index (κ1) is 17.0. The van der Waals surface area contributed by atoms with E-state index in [9.17, 15) is 22.8 Å². The van der Waals surface area contributed by atoms with Crippen molar-refractivity contribution in [3.63, 3.8) is 0 Å². The summed E-state index contributed by atoms with van der Waals surface area (Å²) in [5.74, 6) is -0.441. The molecule has 0 saturated carbocycles. The second-order valence-corrected chi connectivity index (χ2v) is 6.01. The minimum atomic E-state index is -4.43. The number of nitrogens with one attached hydrogen (secondary N) is 1. The van der Waals surface area contributed by atoms with Crippen molar-refractivity contribution in [3.8, 4) is 0 Å². The maximum atomic E-state index is 12.7. The van der Waals surface area contributed by atoms with E-state index in [1.807, 2.05) is 0 Å². The van der Waals surface area contributed by atoms with Crippen molar-refractivity contribution >= 4 is 11.9 Å². The molecule has 1 fully saturated rings. The predicted octanol–water partition coefficient (Wildman–Crippen LogP) is 3.67. The van der Waals surface area contributed by atoms with E-state index in [0.29, 0.717) is 11.1 Å². The molecule has 2 aromatic carbocycles. The average Bonchev–Trinajstić information content (AvgIpc) is 2.80. The Morgan fingerprint density at radius 3 is 2.16 bits per heavy atom. The molecule has 25 heavy (non-hydrogen) atoms. The van der Waals surface area contributed by atoms with Gasteiger partial charge in [0.2, 0.25) is 0 Å². The molecule has 3 amide bonds. The molecule has 1 atom stereocenters. The summed E-state index contributed by atoms with van der Waals surface area (Å²) in [7, 11) is 0. The lowest BCUT2D eigenvalue weighted by molar-refractivity contribution is -0.137. The van der Waals surface area contributed by atoms with Gasteiger partial charge in [-0.3, -0.25) is 9.69 Å². The summed E-state index contributed by atoms with van der Waals surface area (Å²) in [6.07, 6.45) is -4.43. The summed E-state index contributed by atoms with van der Waals surface area (Å²) in [5, 5.41) is 2.66. The third-order valence-corrected chi connectivity index (χ3v) is 4.25. The quantitative estimate of drug-likeness (QED) is 0.861. The zero-order chi connectivity index (χ0) is 18.2. The first-order chi connectivity index (χ1) is 11.7. The number of benzene rings is 2. The van der Waals surface area contributed by atoms with E-state index < -0.39 is 29.2 Å². The normalized spacial score (nSPS) is 20.7. The number of hydrogen-bond donors (Lipinski definition) is 1. The standard InChI is InChI=1S/C18H15F3N2O2/c1-17(13-5-3-2-4-6-13)15(24)23(16(25)22-17)11-12-7-9-14(10-8-12)18(19,20)21/h2-10H,11H2,1H3,(H,22,25). The first-order valence-corrected chi connectivity index (χ1v) is 7.57. The van der Waals surface area contributed by atoms with Gasteiger partial charge in [0.05, 0.1) is 12.1 Å². The Labute approximate surface area is 142 Å². The number of carbonyl (C=O) groups excluding carboxylic acids is 2. The van der Waals surface area contributed by atoms with Gasteiger partial charge in [-0.25, -0.2) is 4.79 Å². The summed E-state index contributed by atoms with van der Waals surface area (Å²) in [6, 6.07) is 12.6. The lowest BCUT2D eigenvalue weighted by Gasteiger charge is -2.22. The topological polar surface area (TPSA) is 49.4 Å². The molecule has 1 unspecified atom stereocenters. The van der Waals surface area contributed by atoms with Crippen molar-refractivity contribution in [3.05, 3.63) is 71.3 Å². The van der Waals surface area contributed by atoms with Gasteiger partial charge >= 0.3 is 12.2 Å². The molecule has 0 aliphatic carbocycles. The number of hydrogen-bond acceptors (Lipinski definition) is 2. The predicted molar refractivity (Wildman–Crippen MR) is 84.3 cm³/mol. The minimum Gasteiger partial charge on any atom is -0.319 e. The Kier molecular flexibility index (Phi) is 4.02. The molecule has 4 nitrogen and oxygen atoms in total. The van der Waals surface area contributed by atoms with Crippen molar-refractivity contribution in [1.82, 2.24) is 10.2 Å². The summed E-state index contributed by atoms with van der Waals surface area (Å²) >= 11 is 0. The zero-order valence-electron chi connectivity index (χ0n) is 13.3. The summed E-state index contributed by atoms with van der Waals surface area (Å²) < 4.78 is 37.8. The molecule has 1 aliphatic heterocycles. The van der Waals surface area contributed by atoms with Crippen molar-refractivity contribution in [2.24, 2.45) is 0 Å². The molecule has 2 aromatic rings. The lowest BCUT2D eigenvalue weighted by Crippen LogP contribution is -2.40. The molecule has 3 rings (SSSR count). The molecule has 1 heterocycles. The van der Waals surface area contributed by atoms with Crippen LogP contribution in [0.25, 0.3) is 0 Å². The van der Waals surface area contributed by atoms with Gasteiger partial charge < -0.3 is 5.32 Å². The Balaban J connectivity index is 1.82. The third-order valence-electron chi connectivity index (χ3n) is 4.25. The molecule has 0 aromatic heterocycles. The highest BCUT2D eigenvalue weighted by Gasteiger charge is 2.48. The van der Waals surface area contributed by atoms with Gasteiger partial charge in [0.1, 0.15) is 5.54 Å². The number of alkyl halides is 3. The van der Waals surface area contributed by atoms with E-state index in [1.165, 1.54) is 12.1 Å². The molecule has 0 spiro atoms. The van der Waals surface area contributed by atoms with E-state index in [4.69, 9.17) is 0 Å². The van der Waals surface area contributed by atoms with Crippen LogP contribution in [0.4, 0.5) is 18.0 Å². The summed E-state index contributed by atoms with van der Waals surface area (Å²) in [6.45, 7) is 1.51. The number of imide groups is 1. The van der Waals surface area contributed by atoms with Gasteiger partial charge in [-0.2, -0.15) is 13.2 Å². The van der Waals surface area contributed by atoms with Gasteiger partial charge in [-0.05, 0) is 30.2 Å². The molecular weight excluding hydrogens is 333 g/mol. The molecule has 1 aliphatic rings. The van der Waals surface area contributed by atoms with Crippen LogP contribution in [0.5, 0.6) is 0 Å². The second kappa shape index (κ2) is 5.91. The van der Waals surface area contributed by atoms with Crippen LogP contribution < -0.4 is 5.32 Å². The number of amides is 3. The maximum Gasteiger partial charge on any atom is 0.416 e. The molecular formula is C18H15F3N2O2. The fraction of sp³-hybridized carbons (Fsp3) is 0.222. The van der Waals surface area contributed by atoms with Gasteiger partial charge in [-0.15, -0.1) is 0 Å². The fourth-order valence-corrected chi connectivity index (χ4v) is 2.79. The highest BCUT2D eigenvalue weighted by atomic mass is 19.4. The average molecular weight is 348 g/mol. The number of rotatable bonds is 3. The van der Waals surface area contributed by atoms with Crippen molar-refractivity contribution < 1.29 is 22.8 Å². The molecule has 130 valence electrons. The van der Waals surface area contributed by atoms with Gasteiger partial charge in [0.25, 0.3) is 5.91 Å². The van der Waals surface area contributed by atoms with Crippen LogP contribution in [0, 0.1) is 0 Å². The van der Waals surface area contributed by atoms with Gasteiger partial charge in [0, 0.05) is 0 Å². The van der Waals surface area contributed by atoms with Crippen LogP contribution in [0.1, 0.15) is 23.6 Å². The highest BCUT2D eigenvalue weighted by molar-refractivity contribution is 6.07. The van der Waals surface area contributed by atoms with Crippen LogP contribution in [0.2, 0.25) is 0 Å². The SMILES string of the molecule is CC1(c2ccccc2)NC(=O)N(Cc2ccc(C(F)(F)F)cc2)C1=O. The molecule has 1 saturated heterocycles. The molecule has 0 bridgehead atoms. The molecule has 7 heteroatoms. The number of carbonyl (C=O) groups is 2. The largest absolute Gasteiger partial charge is 0.416 e. The van der Waals surface area contributed by atoms with E-state index in [1.54, 1.807) is 37.3 Å².